The van der Waals surface area contributed by atoms with E-state index in [1.165, 1.54) is 17.0 Å². The van der Waals surface area contributed by atoms with Crippen LogP contribution in [-0.4, -0.2) is 9.55 Å². The lowest BCUT2D eigenvalue weighted by Gasteiger charge is -2.09. The van der Waals surface area contributed by atoms with Gasteiger partial charge >= 0.3 is 0 Å². The van der Waals surface area contributed by atoms with Crippen LogP contribution in [0, 0.1) is 5.82 Å². The summed E-state index contributed by atoms with van der Waals surface area (Å²) in [6, 6.07) is 9.79. The minimum Gasteiger partial charge on any atom is -0.294 e. The van der Waals surface area contributed by atoms with E-state index in [-0.39, 0.29) is 17.1 Å². The van der Waals surface area contributed by atoms with Crippen molar-refractivity contribution in [2.45, 2.75) is 6.54 Å². The lowest BCUT2D eigenvalue weighted by molar-refractivity contribution is 0.623. The Bertz CT molecular complexity index is 894. The Hall–Kier alpha value is -1.72. The standard InChI is InChI=1S/C15H9BrClFN2O/c16-10-4-5-11-13(6-10)19-8-20(15(11)21)7-9-2-1-3-12(18)14(9)17/h1-6,8H,7H2. The van der Waals surface area contributed by atoms with Crippen molar-refractivity contribution in [3.05, 3.63) is 74.0 Å². The zero-order chi connectivity index (χ0) is 15.0. The highest BCUT2D eigenvalue weighted by atomic mass is 79.9. The molecular formula is C15H9BrClFN2O. The van der Waals surface area contributed by atoms with Gasteiger partial charge in [-0.15, -0.1) is 0 Å². The Morgan fingerprint density at radius 3 is 2.90 bits per heavy atom. The zero-order valence-electron chi connectivity index (χ0n) is 10.7. The molecule has 0 aliphatic heterocycles. The fraction of sp³-hybridized carbons (Fsp3) is 0.0667. The number of hydrogen-bond acceptors (Lipinski definition) is 2. The maximum Gasteiger partial charge on any atom is 0.261 e. The second-order valence-electron chi connectivity index (χ2n) is 4.55. The monoisotopic (exact) mass is 366 g/mol. The molecule has 0 bridgehead atoms. The molecule has 3 rings (SSSR count). The Morgan fingerprint density at radius 2 is 2.10 bits per heavy atom. The first kappa shape index (κ1) is 14.2. The quantitative estimate of drug-likeness (QED) is 0.686. The molecule has 0 atom stereocenters. The predicted molar refractivity (Wildman–Crippen MR) is 84.2 cm³/mol. The highest BCUT2D eigenvalue weighted by molar-refractivity contribution is 9.10. The van der Waals surface area contributed by atoms with Gasteiger partial charge in [0, 0.05) is 4.47 Å². The fourth-order valence-corrected chi connectivity index (χ4v) is 2.63. The van der Waals surface area contributed by atoms with Crippen LogP contribution in [0.15, 0.2) is 52.0 Å². The van der Waals surface area contributed by atoms with Crippen LogP contribution in [-0.2, 0) is 6.54 Å². The van der Waals surface area contributed by atoms with E-state index in [1.54, 1.807) is 30.3 Å². The van der Waals surface area contributed by atoms with Gasteiger partial charge in [0.15, 0.2) is 0 Å². The number of hydrogen-bond donors (Lipinski definition) is 0. The van der Waals surface area contributed by atoms with Crippen LogP contribution in [0.3, 0.4) is 0 Å². The van der Waals surface area contributed by atoms with Crippen LogP contribution >= 0.6 is 27.5 Å². The van der Waals surface area contributed by atoms with Crippen molar-refractivity contribution in [3.63, 3.8) is 0 Å². The minimum absolute atomic E-state index is 0.0281. The molecule has 0 fully saturated rings. The zero-order valence-corrected chi connectivity index (χ0v) is 13.0. The maximum absolute atomic E-state index is 13.4. The summed E-state index contributed by atoms with van der Waals surface area (Å²) in [4.78, 5) is 16.7. The minimum atomic E-state index is -0.500. The number of aromatic nitrogens is 2. The Balaban J connectivity index is 2.09. The summed E-state index contributed by atoms with van der Waals surface area (Å²) in [6.45, 7) is 0.175. The summed E-state index contributed by atoms with van der Waals surface area (Å²) >= 11 is 9.26. The van der Waals surface area contributed by atoms with E-state index in [1.807, 2.05) is 0 Å². The van der Waals surface area contributed by atoms with Crippen LogP contribution in [0.2, 0.25) is 5.02 Å². The van der Waals surface area contributed by atoms with Crippen LogP contribution in [0.4, 0.5) is 4.39 Å². The van der Waals surface area contributed by atoms with Crippen LogP contribution in [0.5, 0.6) is 0 Å². The molecule has 0 unspecified atom stereocenters. The van der Waals surface area contributed by atoms with Crippen LogP contribution in [0.1, 0.15) is 5.56 Å². The third kappa shape index (κ3) is 2.71. The van der Waals surface area contributed by atoms with E-state index in [0.29, 0.717) is 16.5 Å². The second-order valence-corrected chi connectivity index (χ2v) is 5.85. The van der Waals surface area contributed by atoms with Crippen molar-refractivity contribution in [3.8, 4) is 0 Å². The topological polar surface area (TPSA) is 34.9 Å². The molecule has 0 saturated carbocycles. The Kier molecular flexibility index (Phi) is 3.78. The van der Waals surface area contributed by atoms with Gasteiger partial charge in [-0.25, -0.2) is 9.37 Å². The Labute approximate surface area is 133 Å². The lowest BCUT2D eigenvalue weighted by Crippen LogP contribution is -2.21. The van der Waals surface area contributed by atoms with E-state index in [0.717, 1.165) is 4.47 Å². The first-order valence-corrected chi connectivity index (χ1v) is 7.31. The summed E-state index contributed by atoms with van der Waals surface area (Å²) < 4.78 is 15.7. The van der Waals surface area contributed by atoms with Gasteiger partial charge in [-0.1, -0.05) is 39.7 Å². The smallest absolute Gasteiger partial charge is 0.261 e. The fourth-order valence-electron chi connectivity index (χ4n) is 2.10. The molecule has 0 N–H and O–H groups in total. The van der Waals surface area contributed by atoms with Gasteiger partial charge in [-0.2, -0.15) is 0 Å². The van der Waals surface area contributed by atoms with Gasteiger partial charge in [0.2, 0.25) is 0 Å². The van der Waals surface area contributed by atoms with E-state index in [9.17, 15) is 9.18 Å². The van der Waals surface area contributed by atoms with Crippen molar-refractivity contribution < 1.29 is 4.39 Å². The first-order chi connectivity index (χ1) is 10.1. The number of benzene rings is 2. The SMILES string of the molecule is O=c1c2ccc(Br)cc2ncn1Cc1cccc(F)c1Cl. The molecule has 1 heterocycles. The predicted octanol–water partition coefficient (Wildman–Crippen LogP) is 4.00. The van der Waals surface area contributed by atoms with E-state index in [4.69, 9.17) is 11.6 Å². The summed E-state index contributed by atoms with van der Waals surface area (Å²) in [6.07, 6.45) is 1.44. The molecule has 6 heteroatoms. The Morgan fingerprint density at radius 1 is 1.29 bits per heavy atom. The van der Waals surface area contributed by atoms with E-state index < -0.39 is 5.82 Å². The number of fused-ring (bicyclic) bond motifs is 1. The number of nitrogens with zero attached hydrogens (tertiary/aromatic N) is 2. The van der Waals surface area contributed by atoms with Gasteiger partial charge in [-0.05, 0) is 29.8 Å². The summed E-state index contributed by atoms with van der Waals surface area (Å²) in [5, 5.41) is 0.536. The van der Waals surface area contributed by atoms with E-state index >= 15 is 0 Å². The van der Waals surface area contributed by atoms with Gasteiger partial charge in [0.25, 0.3) is 5.56 Å². The highest BCUT2D eigenvalue weighted by Crippen LogP contribution is 2.20. The highest BCUT2D eigenvalue weighted by Gasteiger charge is 2.09. The normalized spacial score (nSPS) is 11.0. The average molecular weight is 368 g/mol. The van der Waals surface area contributed by atoms with Crippen molar-refractivity contribution in [1.29, 1.82) is 0 Å². The molecule has 3 nitrogen and oxygen atoms in total. The molecule has 3 aromatic rings. The summed E-state index contributed by atoms with van der Waals surface area (Å²) in [7, 11) is 0. The van der Waals surface area contributed by atoms with E-state index in [2.05, 4.69) is 20.9 Å². The first-order valence-electron chi connectivity index (χ1n) is 6.14. The van der Waals surface area contributed by atoms with Crippen LogP contribution in [0.25, 0.3) is 10.9 Å². The van der Waals surface area contributed by atoms with Crippen molar-refractivity contribution in [1.82, 2.24) is 9.55 Å². The third-order valence-corrected chi connectivity index (χ3v) is 4.08. The largest absolute Gasteiger partial charge is 0.294 e. The van der Waals surface area contributed by atoms with Crippen molar-refractivity contribution in [2.24, 2.45) is 0 Å². The number of halogens is 3. The number of rotatable bonds is 2. The second kappa shape index (κ2) is 5.58. The van der Waals surface area contributed by atoms with Gasteiger partial charge in [-0.3, -0.25) is 9.36 Å². The lowest BCUT2D eigenvalue weighted by atomic mass is 10.2. The molecule has 1 aromatic heterocycles. The van der Waals surface area contributed by atoms with Gasteiger partial charge < -0.3 is 0 Å². The molecule has 2 aromatic carbocycles. The summed E-state index contributed by atoms with van der Waals surface area (Å²) in [5.74, 6) is -0.500. The maximum atomic E-state index is 13.4. The average Bonchev–Trinajstić information content (AvgIpc) is 2.46. The molecule has 0 saturated heterocycles. The molecule has 106 valence electrons. The molecule has 0 aliphatic carbocycles. The molecular weight excluding hydrogens is 359 g/mol. The molecule has 0 aliphatic rings. The van der Waals surface area contributed by atoms with Crippen LogP contribution < -0.4 is 5.56 Å². The molecule has 21 heavy (non-hydrogen) atoms. The molecule has 0 spiro atoms. The van der Waals surface area contributed by atoms with Crippen molar-refractivity contribution >= 4 is 38.4 Å². The molecule has 0 amide bonds. The van der Waals surface area contributed by atoms with Crippen molar-refractivity contribution in [2.75, 3.05) is 0 Å². The third-order valence-electron chi connectivity index (χ3n) is 3.16. The molecule has 0 radical (unpaired) electrons. The van der Waals surface area contributed by atoms with Gasteiger partial charge in [0.05, 0.1) is 28.8 Å². The van der Waals surface area contributed by atoms with Gasteiger partial charge in [0.1, 0.15) is 5.82 Å². The summed E-state index contributed by atoms with van der Waals surface area (Å²) in [5.41, 5.74) is 0.959.